The van der Waals surface area contributed by atoms with E-state index in [4.69, 9.17) is 0 Å². The molecule has 0 spiro atoms. The van der Waals surface area contributed by atoms with Gasteiger partial charge in [-0.15, -0.1) is 0 Å². The Kier molecular flexibility index (Phi) is 8.97. The molecule has 162 valence electrons. The summed E-state index contributed by atoms with van der Waals surface area (Å²) in [4.78, 5) is 12.6. The van der Waals surface area contributed by atoms with E-state index in [1.54, 1.807) is 0 Å². The summed E-state index contributed by atoms with van der Waals surface area (Å²) in [7, 11) is -1.80. The summed E-state index contributed by atoms with van der Waals surface area (Å²) in [6.07, 6.45) is 3.59. The maximum Gasteiger partial charge on any atom is 0.162 e. The molecule has 1 nitrogen and oxygen atoms in total. The second-order valence-electron chi connectivity index (χ2n) is 7.79. The van der Waals surface area contributed by atoms with Crippen LogP contribution in [0.5, 0.6) is 0 Å². The van der Waals surface area contributed by atoms with Crippen molar-refractivity contribution >= 4 is 29.0 Å². The Bertz CT molecular complexity index is 986. The standard InChI is InChI=1S/C29H28OP.BrH/c30-29(25-15-5-1-6-16-25)23-13-14-24-31(26-17-7-2-8-18-26,27-19-9-3-10-20-27)28-21-11-4-12-22-28;/h1-12,15-22H,13-14,23-24H2;1H/q+1;/p-1. The summed E-state index contributed by atoms with van der Waals surface area (Å²) in [5.74, 6) is 0.240. The number of carbonyl (C=O) groups is 1. The molecule has 0 aliphatic carbocycles. The van der Waals surface area contributed by atoms with Crippen LogP contribution in [-0.4, -0.2) is 11.9 Å². The largest absolute Gasteiger partial charge is 1.00 e. The van der Waals surface area contributed by atoms with Gasteiger partial charge in [0.15, 0.2) is 5.78 Å². The van der Waals surface area contributed by atoms with E-state index in [-0.39, 0.29) is 22.8 Å². The lowest BCUT2D eigenvalue weighted by Gasteiger charge is -2.27. The molecule has 0 fully saturated rings. The van der Waals surface area contributed by atoms with Crippen LogP contribution in [0, 0.1) is 0 Å². The zero-order valence-corrected chi connectivity index (χ0v) is 20.6. The van der Waals surface area contributed by atoms with E-state index in [1.165, 1.54) is 15.9 Å². The molecule has 0 saturated heterocycles. The van der Waals surface area contributed by atoms with E-state index in [9.17, 15) is 4.79 Å². The van der Waals surface area contributed by atoms with Crippen molar-refractivity contribution in [2.75, 3.05) is 6.16 Å². The number of carbonyl (C=O) groups excluding carboxylic acids is 1. The number of rotatable bonds is 9. The predicted molar refractivity (Wildman–Crippen MR) is 135 cm³/mol. The highest BCUT2D eigenvalue weighted by atomic mass is 79.9. The topological polar surface area (TPSA) is 17.1 Å². The lowest BCUT2D eigenvalue weighted by Crippen LogP contribution is -3.00. The molecule has 0 N–H and O–H groups in total. The average Bonchev–Trinajstić information content (AvgIpc) is 2.86. The molecule has 0 unspecified atom stereocenters. The molecule has 0 aromatic heterocycles. The first-order chi connectivity index (χ1) is 15.3. The number of benzene rings is 4. The molecule has 4 aromatic carbocycles. The quantitative estimate of drug-likeness (QED) is 0.195. The number of hydrogen-bond acceptors (Lipinski definition) is 1. The first kappa shape index (κ1) is 24.1. The smallest absolute Gasteiger partial charge is 0.162 e. The van der Waals surface area contributed by atoms with Crippen LogP contribution in [0.15, 0.2) is 121 Å². The third-order valence-corrected chi connectivity index (χ3v) is 10.4. The molecule has 0 aliphatic heterocycles. The number of hydrogen-bond donors (Lipinski definition) is 0. The normalized spacial score (nSPS) is 10.9. The van der Waals surface area contributed by atoms with Crippen LogP contribution < -0.4 is 32.9 Å². The number of ketones is 1. The fraction of sp³-hybridized carbons (Fsp3) is 0.138. The lowest BCUT2D eigenvalue weighted by molar-refractivity contribution is -0.0000139. The van der Waals surface area contributed by atoms with Gasteiger partial charge in [0.05, 0.1) is 6.16 Å². The second kappa shape index (κ2) is 11.9. The minimum atomic E-state index is -1.80. The summed E-state index contributed by atoms with van der Waals surface area (Å²) < 4.78 is 0. The highest BCUT2D eigenvalue weighted by molar-refractivity contribution is 7.95. The van der Waals surface area contributed by atoms with Crippen molar-refractivity contribution in [1.82, 2.24) is 0 Å². The highest BCUT2D eigenvalue weighted by Gasteiger charge is 2.44. The molecule has 4 rings (SSSR count). The molecular weight excluding hydrogens is 475 g/mol. The fourth-order valence-electron chi connectivity index (χ4n) is 4.28. The summed E-state index contributed by atoms with van der Waals surface area (Å²) in [6.45, 7) is 0. The average molecular weight is 503 g/mol. The molecule has 0 bridgehead atoms. The lowest BCUT2D eigenvalue weighted by atomic mass is 10.1. The van der Waals surface area contributed by atoms with Crippen molar-refractivity contribution in [3.8, 4) is 0 Å². The fourth-order valence-corrected chi connectivity index (χ4v) is 8.70. The molecule has 0 saturated carbocycles. The summed E-state index contributed by atoms with van der Waals surface area (Å²) in [5.41, 5.74) is 0.817. The van der Waals surface area contributed by atoms with Crippen LogP contribution in [0.1, 0.15) is 29.6 Å². The van der Waals surface area contributed by atoms with Crippen LogP contribution in [0.4, 0.5) is 0 Å². The number of halogens is 1. The van der Waals surface area contributed by atoms with E-state index in [0.717, 1.165) is 24.6 Å². The van der Waals surface area contributed by atoms with E-state index in [1.807, 2.05) is 30.3 Å². The van der Waals surface area contributed by atoms with Crippen LogP contribution in [0.25, 0.3) is 0 Å². The molecule has 0 heterocycles. The van der Waals surface area contributed by atoms with Gasteiger partial charge in [0, 0.05) is 12.0 Å². The molecule has 4 aromatic rings. The van der Waals surface area contributed by atoms with Crippen molar-refractivity contribution in [2.24, 2.45) is 0 Å². The second-order valence-corrected chi connectivity index (χ2v) is 11.4. The first-order valence-electron chi connectivity index (χ1n) is 10.9. The zero-order chi connectivity index (χ0) is 21.4. The van der Waals surface area contributed by atoms with Crippen molar-refractivity contribution in [3.63, 3.8) is 0 Å². The Balaban J connectivity index is 0.00000289. The SMILES string of the molecule is O=C(CCCC[P+](c1ccccc1)(c1ccccc1)c1ccccc1)c1ccccc1.[Br-]. The summed E-state index contributed by atoms with van der Waals surface area (Å²) >= 11 is 0. The van der Waals surface area contributed by atoms with Gasteiger partial charge < -0.3 is 17.0 Å². The van der Waals surface area contributed by atoms with Crippen molar-refractivity contribution < 1.29 is 21.8 Å². The molecule has 0 amide bonds. The Morgan fingerprint density at radius 2 is 0.906 bits per heavy atom. The maximum absolute atomic E-state index is 12.6. The maximum atomic E-state index is 12.6. The monoisotopic (exact) mass is 502 g/mol. The first-order valence-corrected chi connectivity index (χ1v) is 12.9. The van der Waals surface area contributed by atoms with Gasteiger partial charge in [0.1, 0.15) is 23.2 Å². The molecule has 0 atom stereocenters. The Labute approximate surface area is 202 Å². The van der Waals surface area contributed by atoms with E-state index in [2.05, 4.69) is 91.0 Å². The third-order valence-electron chi connectivity index (χ3n) is 5.83. The molecule has 32 heavy (non-hydrogen) atoms. The summed E-state index contributed by atoms with van der Waals surface area (Å²) in [5, 5.41) is 4.21. The Morgan fingerprint density at radius 1 is 0.531 bits per heavy atom. The van der Waals surface area contributed by atoms with Gasteiger partial charge in [0.25, 0.3) is 0 Å². The minimum absolute atomic E-state index is 0. The van der Waals surface area contributed by atoms with E-state index < -0.39 is 7.26 Å². The van der Waals surface area contributed by atoms with Crippen LogP contribution >= 0.6 is 7.26 Å². The number of Topliss-reactive ketones (excluding diaryl/α,β-unsaturated/α-hetero) is 1. The van der Waals surface area contributed by atoms with Gasteiger partial charge in [0.2, 0.25) is 0 Å². The van der Waals surface area contributed by atoms with Gasteiger partial charge >= 0.3 is 0 Å². The molecule has 0 aliphatic rings. The molecule has 0 radical (unpaired) electrons. The van der Waals surface area contributed by atoms with Crippen LogP contribution in [0.3, 0.4) is 0 Å². The number of unbranched alkanes of at least 4 members (excludes halogenated alkanes) is 1. The van der Waals surface area contributed by atoms with Crippen molar-refractivity contribution in [1.29, 1.82) is 0 Å². The Morgan fingerprint density at radius 3 is 1.31 bits per heavy atom. The van der Waals surface area contributed by atoms with Crippen LogP contribution in [0.2, 0.25) is 0 Å². The summed E-state index contributed by atoms with van der Waals surface area (Å²) in [6, 6.07) is 42.5. The molecule has 3 heteroatoms. The highest BCUT2D eigenvalue weighted by Crippen LogP contribution is 2.55. The van der Waals surface area contributed by atoms with Gasteiger partial charge in [-0.2, -0.15) is 0 Å². The van der Waals surface area contributed by atoms with Gasteiger partial charge in [-0.05, 0) is 49.2 Å². The van der Waals surface area contributed by atoms with Crippen molar-refractivity contribution in [3.05, 3.63) is 127 Å². The molecular formula is C29H28BrOP. The Hall–Kier alpha value is -2.54. The van der Waals surface area contributed by atoms with Crippen molar-refractivity contribution in [2.45, 2.75) is 19.3 Å². The van der Waals surface area contributed by atoms with Gasteiger partial charge in [-0.1, -0.05) is 84.9 Å². The zero-order valence-electron chi connectivity index (χ0n) is 18.1. The van der Waals surface area contributed by atoms with Crippen LogP contribution in [-0.2, 0) is 0 Å². The predicted octanol–water partition coefficient (Wildman–Crippen LogP) is 3.04. The third kappa shape index (κ3) is 5.44. The van der Waals surface area contributed by atoms with Gasteiger partial charge in [-0.3, -0.25) is 4.79 Å². The van der Waals surface area contributed by atoms with Gasteiger partial charge in [-0.25, -0.2) is 0 Å². The van der Waals surface area contributed by atoms with E-state index in [0.29, 0.717) is 6.42 Å². The van der Waals surface area contributed by atoms with E-state index >= 15 is 0 Å². The minimum Gasteiger partial charge on any atom is -1.00 e.